The van der Waals surface area contributed by atoms with E-state index in [9.17, 15) is 28.8 Å². The van der Waals surface area contributed by atoms with Gasteiger partial charge in [0.15, 0.2) is 0 Å². The average molecular weight is 1210 g/mol. The fourth-order valence-electron chi connectivity index (χ4n) is 9.83. The Kier molecular flexibility index (Phi) is 20.3. The van der Waals surface area contributed by atoms with E-state index in [0.29, 0.717) is 128 Å². The highest BCUT2D eigenvalue weighted by molar-refractivity contribution is 6.31. The summed E-state index contributed by atoms with van der Waals surface area (Å²) in [7, 11) is 2.68. The van der Waals surface area contributed by atoms with Gasteiger partial charge in [-0.15, -0.1) is 10.2 Å². The van der Waals surface area contributed by atoms with Gasteiger partial charge in [0.2, 0.25) is 23.6 Å². The van der Waals surface area contributed by atoms with Crippen LogP contribution in [0.1, 0.15) is 111 Å². The summed E-state index contributed by atoms with van der Waals surface area (Å²) in [6.45, 7) is 4.17. The number of esters is 2. The maximum Gasteiger partial charge on any atom is 0.309 e. The Morgan fingerprint density at radius 2 is 1.02 bits per heavy atom. The van der Waals surface area contributed by atoms with E-state index < -0.39 is 12.1 Å². The number of aromatic amines is 2. The molecule has 0 fully saturated rings. The van der Waals surface area contributed by atoms with Crippen molar-refractivity contribution in [2.75, 3.05) is 24.9 Å². The molecule has 4 bridgehead atoms. The lowest BCUT2D eigenvalue weighted by molar-refractivity contribution is -0.140. The minimum absolute atomic E-state index is 0.0823. The second kappa shape index (κ2) is 28.7. The highest BCUT2D eigenvalue weighted by atomic mass is 35.5. The monoisotopic (exact) mass is 1200 g/mol. The standard InChI is InChI=1S/2C30H31ClN8O4/c2*1-18-3-9-23(34-28(41)12-6-20-15-21(31)7-10-26(20)39-17-33-37-38-39)30-32-16-25(36-30)22-8-5-19(14-29(42)43-2)13-24(22)35-27(40)11-4-18/h2*5-8,10,12-13,15-18,23H,3-4,9,11,14H2,1-2H3,(H,32,36)(H,34,41)(H,35,40)/b2*12-6+/t2*18?,23-/m00/s1. The molecule has 0 aliphatic carbocycles. The first-order chi connectivity index (χ1) is 41.6. The summed E-state index contributed by atoms with van der Waals surface area (Å²) in [6, 6.07) is 20.5. The number of ether oxygens (including phenoxy) is 2. The van der Waals surface area contributed by atoms with Gasteiger partial charge in [0.25, 0.3) is 0 Å². The molecule has 0 saturated carbocycles. The number of rotatable bonds is 12. The van der Waals surface area contributed by atoms with E-state index in [1.807, 2.05) is 24.3 Å². The average Bonchev–Trinajstić information content (AvgIpc) is 4.47. The normalized spacial score (nSPS) is 17.2. The van der Waals surface area contributed by atoms with Crippen LogP contribution in [-0.2, 0) is 51.1 Å². The molecular formula is C60H62Cl2N16O8. The molecule has 0 radical (unpaired) electrons. The topological polar surface area (TPSA) is 314 Å². The maximum atomic E-state index is 13.2. The Balaban J connectivity index is 0.000000205. The van der Waals surface area contributed by atoms with Crippen molar-refractivity contribution in [3.05, 3.63) is 154 Å². The van der Waals surface area contributed by atoms with Crippen LogP contribution >= 0.6 is 23.2 Å². The van der Waals surface area contributed by atoms with Crippen LogP contribution in [0.25, 0.3) is 46.0 Å². The zero-order valence-corrected chi connectivity index (χ0v) is 48.9. The summed E-state index contributed by atoms with van der Waals surface area (Å²) in [5, 5.41) is 35.8. The van der Waals surface area contributed by atoms with Crippen LogP contribution in [0.2, 0.25) is 10.0 Å². The zero-order chi connectivity index (χ0) is 60.7. The molecule has 10 rings (SSSR count). The van der Waals surface area contributed by atoms with E-state index in [-0.39, 0.29) is 60.2 Å². The van der Waals surface area contributed by atoms with Gasteiger partial charge in [-0.2, -0.15) is 9.36 Å². The number of tetrazole rings is 2. The van der Waals surface area contributed by atoms with E-state index in [0.717, 1.165) is 12.8 Å². The van der Waals surface area contributed by atoms with Crippen LogP contribution in [0.15, 0.2) is 110 Å². The summed E-state index contributed by atoms with van der Waals surface area (Å²) in [5.41, 5.74) is 7.99. The molecule has 4 atom stereocenters. The summed E-state index contributed by atoms with van der Waals surface area (Å²) < 4.78 is 12.6. The molecular weight excluding hydrogens is 1140 g/mol. The highest BCUT2D eigenvalue weighted by Gasteiger charge is 2.25. The summed E-state index contributed by atoms with van der Waals surface area (Å²) in [4.78, 5) is 91.6. The SMILES string of the molecule is COC(=O)Cc1ccc2c(c1)NC(=O)CCC(C)CC[C@H](NC(=O)/C=C/c1cc(Cl)ccc1-n1cnnn1)c1ncc-2[nH]1.COC(=O)Cc1ccc2c(c1)NC(=O)CCC(C)CC[C@H](NC(=O)/C=C/c1cc(Cl)ccc1-n1cnnn1)c1ncc-2[nH]1. The molecule has 86 heavy (non-hydrogen) atoms. The lowest BCUT2D eigenvalue weighted by atomic mass is 9.96. The maximum absolute atomic E-state index is 13.2. The van der Waals surface area contributed by atoms with Gasteiger partial charge in [-0.05, 0) is 143 Å². The summed E-state index contributed by atoms with van der Waals surface area (Å²) in [6.07, 6.45) is 17.5. The number of aromatic nitrogens is 12. The number of H-pyrrole nitrogens is 2. The number of fused-ring (bicyclic) bond motifs is 8. The van der Waals surface area contributed by atoms with Crippen molar-refractivity contribution in [1.82, 2.24) is 71.0 Å². The molecule has 2 aliphatic rings. The predicted octanol–water partition coefficient (Wildman–Crippen LogP) is 8.88. The third kappa shape index (κ3) is 16.4. The molecule has 26 heteroatoms. The van der Waals surface area contributed by atoms with Gasteiger partial charge in [-0.25, -0.2) is 9.97 Å². The minimum atomic E-state index is -0.404. The first-order valence-electron chi connectivity index (χ1n) is 27.7. The van der Waals surface area contributed by atoms with Crippen LogP contribution in [0.3, 0.4) is 0 Å². The van der Waals surface area contributed by atoms with Gasteiger partial charge in [0, 0.05) is 57.3 Å². The molecule has 4 aromatic heterocycles. The van der Waals surface area contributed by atoms with Crippen LogP contribution in [0, 0.1) is 11.8 Å². The Morgan fingerprint density at radius 1 is 0.593 bits per heavy atom. The number of halogens is 2. The number of hydrogen-bond donors (Lipinski definition) is 6. The smallest absolute Gasteiger partial charge is 0.309 e. The molecule has 4 aromatic carbocycles. The van der Waals surface area contributed by atoms with Crippen LogP contribution < -0.4 is 21.3 Å². The Labute approximate surface area is 503 Å². The quantitative estimate of drug-likeness (QED) is 0.0491. The van der Waals surface area contributed by atoms with Gasteiger partial charge in [-0.3, -0.25) is 28.8 Å². The third-order valence-corrected chi connectivity index (χ3v) is 15.0. The summed E-state index contributed by atoms with van der Waals surface area (Å²) >= 11 is 12.4. The van der Waals surface area contributed by atoms with Crippen molar-refractivity contribution >= 4 is 82.3 Å². The van der Waals surface area contributed by atoms with Crippen molar-refractivity contribution in [3.8, 4) is 33.9 Å². The molecule has 2 aliphatic heterocycles. The molecule has 6 heterocycles. The van der Waals surface area contributed by atoms with E-state index in [4.69, 9.17) is 32.7 Å². The number of methoxy groups -OCH3 is 2. The molecule has 8 aromatic rings. The van der Waals surface area contributed by atoms with Gasteiger partial charge in [0.1, 0.15) is 24.3 Å². The predicted molar refractivity (Wildman–Crippen MR) is 320 cm³/mol. The number of nitrogens with one attached hydrogen (secondary N) is 6. The molecule has 0 spiro atoms. The van der Waals surface area contributed by atoms with Crippen LogP contribution in [0.5, 0.6) is 0 Å². The van der Waals surface area contributed by atoms with Gasteiger partial charge < -0.3 is 40.7 Å². The number of benzene rings is 4. The van der Waals surface area contributed by atoms with Crippen LogP contribution in [-0.4, -0.2) is 110 Å². The lowest BCUT2D eigenvalue weighted by Gasteiger charge is -2.18. The highest BCUT2D eigenvalue weighted by Crippen LogP contribution is 2.34. The first-order valence-corrected chi connectivity index (χ1v) is 28.5. The molecule has 0 saturated heterocycles. The second-order valence-electron chi connectivity index (χ2n) is 20.9. The molecule has 24 nitrogen and oxygen atoms in total. The fourth-order valence-corrected chi connectivity index (χ4v) is 10.2. The number of nitrogens with zero attached hydrogens (tertiary/aromatic N) is 10. The molecule has 4 amide bonds. The fraction of sp³-hybridized carbons (Fsp3) is 0.300. The molecule has 2 unspecified atom stereocenters. The number of carbonyl (C=O) groups is 6. The van der Waals surface area contributed by atoms with Crippen molar-refractivity contribution in [2.24, 2.45) is 11.8 Å². The molecule has 444 valence electrons. The number of amides is 4. The zero-order valence-electron chi connectivity index (χ0n) is 47.4. The lowest BCUT2D eigenvalue weighted by Crippen LogP contribution is -2.28. The van der Waals surface area contributed by atoms with Crippen molar-refractivity contribution < 1.29 is 38.2 Å². The number of carbonyl (C=O) groups excluding carboxylic acids is 6. The Morgan fingerprint density at radius 3 is 1.42 bits per heavy atom. The number of anilines is 2. The van der Waals surface area contributed by atoms with E-state index in [2.05, 4.69) is 86.1 Å². The minimum Gasteiger partial charge on any atom is -0.469 e. The van der Waals surface area contributed by atoms with Gasteiger partial charge >= 0.3 is 11.9 Å². The van der Waals surface area contributed by atoms with Gasteiger partial charge in [0.05, 0.1) is 85.7 Å². The van der Waals surface area contributed by atoms with E-state index in [1.165, 1.54) is 48.4 Å². The Hall–Kier alpha value is -9.68. The Bertz CT molecular complexity index is 3540. The van der Waals surface area contributed by atoms with E-state index >= 15 is 0 Å². The largest absolute Gasteiger partial charge is 0.469 e. The van der Waals surface area contributed by atoms with E-state index in [1.54, 1.807) is 73.1 Å². The second-order valence-corrected chi connectivity index (χ2v) is 21.7. The third-order valence-electron chi connectivity index (χ3n) is 14.6. The number of hydrogen-bond acceptors (Lipinski definition) is 16. The molecule has 6 N–H and O–H groups in total. The van der Waals surface area contributed by atoms with Crippen LogP contribution in [0.4, 0.5) is 11.4 Å². The van der Waals surface area contributed by atoms with Crippen molar-refractivity contribution in [3.63, 3.8) is 0 Å². The van der Waals surface area contributed by atoms with Gasteiger partial charge in [-0.1, -0.05) is 61.3 Å². The van der Waals surface area contributed by atoms with Crippen molar-refractivity contribution in [1.29, 1.82) is 0 Å². The summed E-state index contributed by atoms with van der Waals surface area (Å²) in [5.74, 6) is 0.0507. The number of imidazole rings is 2. The van der Waals surface area contributed by atoms with Crippen molar-refractivity contribution in [2.45, 2.75) is 90.1 Å². The first kappa shape index (κ1) is 60.9.